The SMILES string of the molecule is CCOC(=O)CC1=C(CO)C[C@@H](CO)[C@H]1c1cccc(Cl)c1. The fourth-order valence-electron chi connectivity index (χ4n) is 3.18. The van der Waals surface area contributed by atoms with Gasteiger partial charge in [0, 0.05) is 17.5 Å². The molecule has 2 rings (SSSR count). The van der Waals surface area contributed by atoms with E-state index in [1.807, 2.05) is 18.2 Å². The van der Waals surface area contributed by atoms with Crippen molar-refractivity contribution in [1.29, 1.82) is 0 Å². The van der Waals surface area contributed by atoms with Gasteiger partial charge in [0.15, 0.2) is 0 Å². The Labute approximate surface area is 135 Å². The molecule has 0 aromatic heterocycles. The maximum atomic E-state index is 11.9. The maximum absolute atomic E-state index is 11.9. The summed E-state index contributed by atoms with van der Waals surface area (Å²) in [5.41, 5.74) is 2.62. The van der Waals surface area contributed by atoms with Crippen LogP contribution in [-0.4, -0.2) is 36.0 Å². The van der Waals surface area contributed by atoms with E-state index in [1.165, 1.54) is 0 Å². The highest BCUT2D eigenvalue weighted by Gasteiger charge is 2.36. The lowest BCUT2D eigenvalue weighted by molar-refractivity contribution is -0.142. The molecule has 0 radical (unpaired) electrons. The van der Waals surface area contributed by atoms with Crippen LogP contribution in [0.15, 0.2) is 35.4 Å². The summed E-state index contributed by atoms with van der Waals surface area (Å²) in [7, 11) is 0. The Morgan fingerprint density at radius 2 is 2.18 bits per heavy atom. The molecule has 0 unspecified atom stereocenters. The molecule has 1 aliphatic rings. The highest BCUT2D eigenvalue weighted by atomic mass is 35.5. The van der Waals surface area contributed by atoms with E-state index in [0.717, 1.165) is 16.7 Å². The van der Waals surface area contributed by atoms with Crippen molar-refractivity contribution in [3.8, 4) is 0 Å². The fourth-order valence-corrected chi connectivity index (χ4v) is 3.38. The van der Waals surface area contributed by atoms with Gasteiger partial charge in [0.2, 0.25) is 0 Å². The van der Waals surface area contributed by atoms with Gasteiger partial charge in [0.05, 0.1) is 19.6 Å². The third kappa shape index (κ3) is 3.69. The van der Waals surface area contributed by atoms with Crippen molar-refractivity contribution < 1.29 is 19.7 Å². The summed E-state index contributed by atoms with van der Waals surface area (Å²) in [5, 5.41) is 19.9. The summed E-state index contributed by atoms with van der Waals surface area (Å²) >= 11 is 6.07. The van der Waals surface area contributed by atoms with Crippen molar-refractivity contribution >= 4 is 17.6 Å². The Bertz CT molecular complexity index is 568. The third-order valence-corrected chi connectivity index (χ3v) is 4.32. The Balaban J connectivity index is 2.36. The molecule has 1 aliphatic carbocycles. The Morgan fingerprint density at radius 3 is 2.77 bits per heavy atom. The largest absolute Gasteiger partial charge is 0.466 e. The van der Waals surface area contributed by atoms with Gasteiger partial charge in [0.1, 0.15) is 0 Å². The average Bonchev–Trinajstić information content (AvgIpc) is 2.85. The van der Waals surface area contributed by atoms with E-state index in [1.54, 1.807) is 13.0 Å². The van der Waals surface area contributed by atoms with Gasteiger partial charge in [-0.2, -0.15) is 0 Å². The normalized spacial score (nSPS) is 21.3. The van der Waals surface area contributed by atoms with Crippen molar-refractivity contribution in [2.45, 2.75) is 25.7 Å². The van der Waals surface area contributed by atoms with Crippen molar-refractivity contribution in [2.75, 3.05) is 19.8 Å². The average molecular weight is 325 g/mol. The van der Waals surface area contributed by atoms with Gasteiger partial charge in [-0.05, 0) is 48.1 Å². The van der Waals surface area contributed by atoms with Crippen molar-refractivity contribution in [1.82, 2.24) is 0 Å². The number of ether oxygens (including phenoxy) is 1. The highest BCUT2D eigenvalue weighted by Crippen LogP contribution is 2.45. The number of esters is 1. The van der Waals surface area contributed by atoms with Crippen LogP contribution < -0.4 is 0 Å². The minimum absolute atomic E-state index is 0.00694. The molecular weight excluding hydrogens is 304 g/mol. The molecule has 2 atom stereocenters. The van der Waals surface area contributed by atoms with Gasteiger partial charge in [-0.1, -0.05) is 23.7 Å². The monoisotopic (exact) mass is 324 g/mol. The number of hydrogen-bond acceptors (Lipinski definition) is 4. The summed E-state index contributed by atoms with van der Waals surface area (Å²) in [5.74, 6) is -0.477. The predicted molar refractivity (Wildman–Crippen MR) is 84.7 cm³/mol. The Morgan fingerprint density at radius 1 is 1.41 bits per heavy atom. The molecular formula is C17H21ClO4. The lowest BCUT2D eigenvalue weighted by Crippen LogP contribution is -2.16. The second-order valence-corrected chi connectivity index (χ2v) is 5.88. The second kappa shape index (κ2) is 7.77. The minimum Gasteiger partial charge on any atom is -0.466 e. The molecule has 4 nitrogen and oxygen atoms in total. The van der Waals surface area contributed by atoms with E-state index in [2.05, 4.69) is 0 Å². The van der Waals surface area contributed by atoms with Crippen molar-refractivity contribution in [2.24, 2.45) is 5.92 Å². The van der Waals surface area contributed by atoms with E-state index in [4.69, 9.17) is 16.3 Å². The topological polar surface area (TPSA) is 66.8 Å². The predicted octanol–water partition coefficient (Wildman–Crippen LogP) is 2.68. The molecule has 0 saturated heterocycles. The molecule has 5 heteroatoms. The van der Waals surface area contributed by atoms with Gasteiger partial charge in [-0.3, -0.25) is 4.79 Å². The van der Waals surface area contributed by atoms with Gasteiger partial charge in [-0.25, -0.2) is 0 Å². The van der Waals surface area contributed by atoms with Gasteiger partial charge in [0.25, 0.3) is 0 Å². The highest BCUT2D eigenvalue weighted by molar-refractivity contribution is 6.30. The third-order valence-electron chi connectivity index (χ3n) is 4.08. The molecule has 0 saturated carbocycles. The van der Waals surface area contributed by atoms with Gasteiger partial charge in [-0.15, -0.1) is 0 Å². The first-order chi connectivity index (χ1) is 10.6. The lowest BCUT2D eigenvalue weighted by Gasteiger charge is -2.22. The van der Waals surface area contributed by atoms with Crippen LogP contribution in [0.25, 0.3) is 0 Å². The Kier molecular flexibility index (Phi) is 6.00. The van der Waals surface area contributed by atoms with Crippen LogP contribution in [0.3, 0.4) is 0 Å². The summed E-state index contributed by atoms with van der Waals surface area (Å²) in [4.78, 5) is 11.9. The fraction of sp³-hybridized carbons (Fsp3) is 0.471. The number of carbonyl (C=O) groups is 1. The number of aliphatic hydroxyl groups excluding tert-OH is 2. The number of aliphatic hydroxyl groups is 2. The molecule has 2 N–H and O–H groups in total. The van der Waals surface area contributed by atoms with E-state index < -0.39 is 0 Å². The van der Waals surface area contributed by atoms with Crippen LogP contribution in [0.4, 0.5) is 0 Å². The number of rotatable bonds is 6. The molecule has 0 fully saturated rings. The van der Waals surface area contributed by atoms with E-state index in [9.17, 15) is 15.0 Å². The first-order valence-electron chi connectivity index (χ1n) is 7.44. The quantitative estimate of drug-likeness (QED) is 0.623. The summed E-state index contributed by atoms with van der Waals surface area (Å²) in [6, 6.07) is 7.42. The molecule has 1 aromatic carbocycles. The molecule has 0 bridgehead atoms. The summed E-state index contributed by atoms with van der Waals surface area (Å²) in [6.45, 7) is 1.97. The van der Waals surface area contributed by atoms with Crippen molar-refractivity contribution in [3.63, 3.8) is 0 Å². The summed E-state index contributed by atoms with van der Waals surface area (Å²) < 4.78 is 5.03. The lowest BCUT2D eigenvalue weighted by atomic mass is 9.84. The minimum atomic E-state index is -0.311. The Hall–Kier alpha value is -1.36. The van der Waals surface area contributed by atoms with Crippen LogP contribution in [0, 0.1) is 5.92 Å². The molecule has 0 heterocycles. The summed E-state index contributed by atoms with van der Waals surface area (Å²) in [6.07, 6.45) is 0.719. The number of carbonyl (C=O) groups excluding carboxylic acids is 1. The maximum Gasteiger partial charge on any atom is 0.309 e. The number of hydrogen-bond donors (Lipinski definition) is 2. The van der Waals surface area contributed by atoms with E-state index in [-0.39, 0.29) is 37.4 Å². The molecule has 0 spiro atoms. The standard InChI is InChI=1S/C17H21ClO4/c1-2-22-16(21)8-15-12(9-19)6-13(10-20)17(15)11-4-3-5-14(18)7-11/h3-5,7,13,17,19-20H,2,6,8-10H2,1H3/t13-,17+/m0/s1. The van der Waals surface area contributed by atoms with Crippen LogP contribution in [0.5, 0.6) is 0 Å². The first kappa shape index (κ1) is 17.0. The molecule has 1 aromatic rings. The first-order valence-corrected chi connectivity index (χ1v) is 7.82. The van der Waals surface area contributed by atoms with Crippen molar-refractivity contribution in [3.05, 3.63) is 46.0 Å². The van der Waals surface area contributed by atoms with Crippen LogP contribution in [0.1, 0.15) is 31.2 Å². The zero-order chi connectivity index (χ0) is 16.1. The molecule has 0 amide bonds. The number of halogens is 1. The zero-order valence-corrected chi connectivity index (χ0v) is 13.3. The van der Waals surface area contributed by atoms with E-state index >= 15 is 0 Å². The van der Waals surface area contributed by atoms with E-state index in [0.29, 0.717) is 18.1 Å². The van der Waals surface area contributed by atoms with Crippen LogP contribution in [-0.2, 0) is 9.53 Å². The van der Waals surface area contributed by atoms with Gasteiger partial charge < -0.3 is 14.9 Å². The van der Waals surface area contributed by atoms with Crippen LogP contribution >= 0.6 is 11.6 Å². The molecule has 22 heavy (non-hydrogen) atoms. The molecule has 0 aliphatic heterocycles. The molecule has 120 valence electrons. The second-order valence-electron chi connectivity index (χ2n) is 5.45. The number of benzene rings is 1. The smallest absolute Gasteiger partial charge is 0.309 e. The van der Waals surface area contributed by atoms with Gasteiger partial charge >= 0.3 is 5.97 Å². The zero-order valence-electron chi connectivity index (χ0n) is 12.6. The van der Waals surface area contributed by atoms with Crippen LogP contribution in [0.2, 0.25) is 5.02 Å².